The summed E-state index contributed by atoms with van der Waals surface area (Å²) in [5.41, 5.74) is 3.02. The molecule has 0 amide bonds. The van der Waals surface area contributed by atoms with Gasteiger partial charge >= 0.3 is 5.97 Å². The van der Waals surface area contributed by atoms with Crippen LogP contribution < -0.4 is 4.90 Å². The fourth-order valence-corrected chi connectivity index (χ4v) is 3.17. The van der Waals surface area contributed by atoms with Crippen LogP contribution in [-0.2, 0) is 0 Å². The monoisotopic (exact) mass is 375 g/mol. The molecule has 0 radical (unpaired) electrons. The maximum Gasteiger partial charge on any atom is 0.336 e. The number of ketones is 1. The fraction of sp³-hybridized carbons (Fsp3) is 0.130. The highest BCUT2D eigenvalue weighted by atomic mass is 16.4. The number of aromatic carboxylic acids is 1. The molecule has 0 atom stereocenters. The number of nitrogens with zero attached hydrogens (tertiary/aromatic N) is 1. The fourth-order valence-electron chi connectivity index (χ4n) is 3.17. The average molecular weight is 375 g/mol. The van der Waals surface area contributed by atoms with Gasteiger partial charge in [0.15, 0.2) is 5.78 Å². The molecule has 3 aromatic rings. The van der Waals surface area contributed by atoms with Crippen molar-refractivity contribution in [2.24, 2.45) is 0 Å². The summed E-state index contributed by atoms with van der Waals surface area (Å²) in [4.78, 5) is 26.1. The summed E-state index contributed by atoms with van der Waals surface area (Å²) >= 11 is 0. The SMILES string of the molecule is CCN(c1ccc(C(=O)c2ccccc2C(=O)O)cc1)c1ccc(C)cc1O. The first-order chi connectivity index (χ1) is 13.4. The molecule has 5 nitrogen and oxygen atoms in total. The number of phenols is 1. The molecule has 2 N–H and O–H groups in total. The molecule has 0 spiro atoms. The maximum atomic E-state index is 12.8. The van der Waals surface area contributed by atoms with Gasteiger partial charge in [0, 0.05) is 23.4 Å². The number of rotatable bonds is 6. The molecule has 0 aromatic heterocycles. The van der Waals surface area contributed by atoms with E-state index in [1.807, 2.05) is 30.9 Å². The van der Waals surface area contributed by atoms with Crippen molar-refractivity contribution in [3.63, 3.8) is 0 Å². The van der Waals surface area contributed by atoms with Crippen molar-refractivity contribution in [1.29, 1.82) is 0 Å². The highest BCUT2D eigenvalue weighted by Crippen LogP contribution is 2.33. The van der Waals surface area contributed by atoms with Crippen molar-refractivity contribution in [3.8, 4) is 5.75 Å². The van der Waals surface area contributed by atoms with E-state index in [1.54, 1.807) is 42.5 Å². The second-order valence-corrected chi connectivity index (χ2v) is 6.46. The van der Waals surface area contributed by atoms with Crippen molar-refractivity contribution < 1.29 is 19.8 Å². The Morgan fingerprint density at radius 2 is 1.57 bits per heavy atom. The summed E-state index contributed by atoms with van der Waals surface area (Å²) < 4.78 is 0. The number of hydrogen-bond donors (Lipinski definition) is 2. The lowest BCUT2D eigenvalue weighted by Gasteiger charge is -2.24. The van der Waals surface area contributed by atoms with Gasteiger partial charge in [-0.3, -0.25) is 4.79 Å². The summed E-state index contributed by atoms with van der Waals surface area (Å²) in [6.07, 6.45) is 0. The van der Waals surface area contributed by atoms with Gasteiger partial charge in [0.2, 0.25) is 0 Å². The van der Waals surface area contributed by atoms with Gasteiger partial charge in [-0.25, -0.2) is 4.79 Å². The van der Waals surface area contributed by atoms with Crippen LogP contribution in [0.25, 0.3) is 0 Å². The number of carboxylic acids is 1. The number of phenolic OH excluding ortho intramolecular Hbond substituents is 1. The van der Waals surface area contributed by atoms with Crippen LogP contribution in [-0.4, -0.2) is 28.5 Å². The zero-order valence-corrected chi connectivity index (χ0v) is 15.7. The number of benzene rings is 3. The summed E-state index contributed by atoms with van der Waals surface area (Å²) in [7, 11) is 0. The van der Waals surface area contributed by atoms with Gasteiger partial charge in [0.25, 0.3) is 0 Å². The second kappa shape index (κ2) is 7.96. The summed E-state index contributed by atoms with van der Waals surface area (Å²) in [6.45, 7) is 4.52. The standard InChI is InChI=1S/C23H21NO4/c1-3-24(20-13-8-15(2)14-21(20)25)17-11-9-16(10-12-17)22(26)18-6-4-5-7-19(18)23(27)28/h4-14,25H,3H2,1-2H3,(H,27,28). The number of anilines is 2. The van der Waals surface area contributed by atoms with Crippen molar-refractivity contribution in [2.45, 2.75) is 13.8 Å². The quantitative estimate of drug-likeness (QED) is 0.606. The normalized spacial score (nSPS) is 10.5. The van der Waals surface area contributed by atoms with Crippen molar-refractivity contribution in [2.75, 3.05) is 11.4 Å². The van der Waals surface area contributed by atoms with Gasteiger partial charge in [-0.2, -0.15) is 0 Å². The Morgan fingerprint density at radius 1 is 0.929 bits per heavy atom. The molecule has 0 saturated carbocycles. The average Bonchev–Trinajstić information content (AvgIpc) is 2.70. The third-order valence-corrected chi connectivity index (χ3v) is 4.58. The summed E-state index contributed by atoms with van der Waals surface area (Å²) in [5.74, 6) is -1.28. The van der Waals surface area contributed by atoms with Crippen LogP contribution in [0.3, 0.4) is 0 Å². The molecule has 0 unspecified atom stereocenters. The minimum Gasteiger partial charge on any atom is -0.506 e. The van der Waals surface area contributed by atoms with E-state index in [-0.39, 0.29) is 22.7 Å². The van der Waals surface area contributed by atoms with Crippen LogP contribution in [0.4, 0.5) is 11.4 Å². The summed E-state index contributed by atoms with van der Waals surface area (Å²) in [5, 5.41) is 19.6. The predicted octanol–water partition coefficient (Wildman–Crippen LogP) is 4.79. The first-order valence-electron chi connectivity index (χ1n) is 8.96. The third-order valence-electron chi connectivity index (χ3n) is 4.58. The molecule has 5 heteroatoms. The van der Waals surface area contributed by atoms with Crippen molar-refractivity contribution in [1.82, 2.24) is 0 Å². The molecule has 0 aliphatic rings. The first-order valence-corrected chi connectivity index (χ1v) is 8.96. The number of aryl methyl sites for hydroxylation is 1. The van der Waals surface area contributed by atoms with E-state index >= 15 is 0 Å². The van der Waals surface area contributed by atoms with E-state index in [9.17, 15) is 19.8 Å². The number of hydrogen-bond acceptors (Lipinski definition) is 4. The van der Waals surface area contributed by atoms with E-state index in [4.69, 9.17) is 0 Å². The summed E-state index contributed by atoms with van der Waals surface area (Å²) in [6, 6.07) is 18.6. The zero-order valence-electron chi connectivity index (χ0n) is 15.7. The number of carbonyl (C=O) groups is 2. The highest BCUT2D eigenvalue weighted by molar-refractivity contribution is 6.14. The molecule has 0 saturated heterocycles. The molecule has 0 fully saturated rings. The molecule has 142 valence electrons. The smallest absolute Gasteiger partial charge is 0.336 e. The van der Waals surface area contributed by atoms with Gasteiger partial charge < -0.3 is 15.1 Å². The Bertz CT molecular complexity index is 1030. The Labute approximate surface area is 163 Å². The largest absolute Gasteiger partial charge is 0.506 e. The van der Waals surface area contributed by atoms with Crippen molar-refractivity contribution in [3.05, 3.63) is 89.0 Å². The lowest BCUT2D eigenvalue weighted by atomic mass is 9.98. The van der Waals surface area contributed by atoms with E-state index < -0.39 is 5.97 Å². The Morgan fingerprint density at radius 3 is 2.14 bits per heavy atom. The zero-order chi connectivity index (χ0) is 20.3. The second-order valence-electron chi connectivity index (χ2n) is 6.46. The Balaban J connectivity index is 1.93. The molecular formula is C23H21NO4. The van der Waals surface area contributed by atoms with Gasteiger partial charge in [-0.05, 0) is 61.9 Å². The molecule has 0 heterocycles. The van der Waals surface area contributed by atoms with Crippen LogP contribution in [0.2, 0.25) is 0 Å². The van der Waals surface area contributed by atoms with E-state index in [0.29, 0.717) is 17.8 Å². The molecule has 0 aliphatic carbocycles. The molecule has 3 rings (SSSR count). The van der Waals surface area contributed by atoms with Crippen LogP contribution in [0.5, 0.6) is 5.75 Å². The van der Waals surface area contributed by atoms with Gasteiger partial charge in [-0.15, -0.1) is 0 Å². The van der Waals surface area contributed by atoms with E-state index in [0.717, 1.165) is 11.3 Å². The highest BCUT2D eigenvalue weighted by Gasteiger charge is 2.18. The van der Waals surface area contributed by atoms with E-state index in [1.165, 1.54) is 12.1 Å². The minimum absolute atomic E-state index is 0.0173. The minimum atomic E-state index is -1.13. The Kier molecular flexibility index (Phi) is 5.45. The number of carbonyl (C=O) groups excluding carboxylic acids is 1. The first kappa shape index (κ1) is 19.2. The van der Waals surface area contributed by atoms with Crippen LogP contribution in [0.15, 0.2) is 66.7 Å². The molecular weight excluding hydrogens is 354 g/mol. The van der Waals surface area contributed by atoms with Gasteiger partial charge in [-0.1, -0.05) is 24.3 Å². The number of aromatic hydroxyl groups is 1. The topological polar surface area (TPSA) is 77.8 Å². The van der Waals surface area contributed by atoms with Gasteiger partial charge in [0.05, 0.1) is 11.3 Å². The molecule has 0 bridgehead atoms. The Hall–Kier alpha value is -3.60. The molecule has 3 aromatic carbocycles. The predicted molar refractivity (Wildman–Crippen MR) is 109 cm³/mol. The number of carboxylic acid groups (broad SMARTS) is 1. The van der Waals surface area contributed by atoms with Gasteiger partial charge in [0.1, 0.15) is 5.75 Å². The van der Waals surface area contributed by atoms with E-state index in [2.05, 4.69) is 0 Å². The van der Waals surface area contributed by atoms with Crippen LogP contribution in [0, 0.1) is 6.92 Å². The van der Waals surface area contributed by atoms with Crippen LogP contribution in [0.1, 0.15) is 38.8 Å². The molecule has 0 aliphatic heterocycles. The lowest BCUT2D eigenvalue weighted by molar-refractivity contribution is 0.0693. The maximum absolute atomic E-state index is 12.8. The van der Waals surface area contributed by atoms with Crippen molar-refractivity contribution >= 4 is 23.1 Å². The third kappa shape index (κ3) is 3.74. The lowest BCUT2D eigenvalue weighted by Crippen LogP contribution is -2.16. The molecule has 28 heavy (non-hydrogen) atoms. The van der Waals surface area contributed by atoms with Crippen LogP contribution >= 0.6 is 0 Å².